The highest BCUT2D eigenvalue weighted by atomic mass is 16.5. The Balaban J connectivity index is 1.77. The molecule has 41 heavy (non-hydrogen) atoms. The van der Waals surface area contributed by atoms with Gasteiger partial charge in [-0.2, -0.15) is 0 Å². The standard InChI is InChI=1S/C34H48N2O5/c1-33(2,3)22-29(32(39)40-7)36-31(38)28(35-30(37)21-23-11-8-9-12-23)20-24-13-10-14-27(19-24)41-26-17-15-25(16-18-26)34(4,5)6/h10,13-19,23,28-29H,8-9,11-12,20-22H2,1-7H3,(H,35,37)(H,36,38)/t28?,29-/m0/s1. The zero-order valence-corrected chi connectivity index (χ0v) is 25.8. The van der Waals surface area contributed by atoms with Crippen LogP contribution in [0.4, 0.5) is 0 Å². The van der Waals surface area contributed by atoms with Crippen LogP contribution >= 0.6 is 0 Å². The molecule has 1 aliphatic rings. The molecule has 0 aromatic heterocycles. The number of ether oxygens (including phenoxy) is 2. The Bertz CT molecular complexity index is 1170. The van der Waals surface area contributed by atoms with Crippen molar-refractivity contribution in [1.82, 2.24) is 10.6 Å². The summed E-state index contributed by atoms with van der Waals surface area (Å²) in [5.74, 6) is 0.656. The predicted molar refractivity (Wildman–Crippen MR) is 162 cm³/mol. The zero-order chi connectivity index (χ0) is 30.2. The Hall–Kier alpha value is -3.35. The molecule has 2 amide bonds. The van der Waals surface area contributed by atoms with Crippen molar-refractivity contribution >= 4 is 17.8 Å². The van der Waals surface area contributed by atoms with Crippen molar-refractivity contribution in [2.75, 3.05) is 7.11 Å². The van der Waals surface area contributed by atoms with Gasteiger partial charge in [0.15, 0.2) is 0 Å². The van der Waals surface area contributed by atoms with E-state index in [1.54, 1.807) is 0 Å². The molecule has 0 heterocycles. The van der Waals surface area contributed by atoms with E-state index in [9.17, 15) is 14.4 Å². The SMILES string of the molecule is COC(=O)[C@H](CC(C)(C)C)NC(=O)C(Cc1cccc(Oc2ccc(C(C)(C)C)cc2)c1)NC(=O)CC1CCCC1. The van der Waals surface area contributed by atoms with Gasteiger partial charge in [0.1, 0.15) is 23.6 Å². The quantitative estimate of drug-likeness (QED) is 0.305. The number of hydrogen-bond acceptors (Lipinski definition) is 5. The monoisotopic (exact) mass is 564 g/mol. The fourth-order valence-electron chi connectivity index (χ4n) is 5.29. The molecule has 7 nitrogen and oxygen atoms in total. The van der Waals surface area contributed by atoms with E-state index in [1.165, 1.54) is 12.7 Å². The zero-order valence-electron chi connectivity index (χ0n) is 25.8. The van der Waals surface area contributed by atoms with Crippen molar-refractivity contribution in [1.29, 1.82) is 0 Å². The molecule has 0 saturated heterocycles. The summed E-state index contributed by atoms with van der Waals surface area (Å²) in [5.41, 5.74) is 1.89. The second kappa shape index (κ2) is 14.0. The third-order valence-electron chi connectivity index (χ3n) is 7.51. The number of amides is 2. The third kappa shape index (κ3) is 10.5. The minimum Gasteiger partial charge on any atom is -0.467 e. The number of methoxy groups -OCH3 is 1. The van der Waals surface area contributed by atoms with Gasteiger partial charge in [0, 0.05) is 12.8 Å². The molecule has 0 radical (unpaired) electrons. The molecular formula is C34H48N2O5. The summed E-state index contributed by atoms with van der Waals surface area (Å²) < 4.78 is 11.1. The number of nitrogens with one attached hydrogen (secondary N) is 2. The molecule has 1 unspecified atom stereocenters. The van der Waals surface area contributed by atoms with E-state index >= 15 is 0 Å². The van der Waals surface area contributed by atoms with Crippen LogP contribution in [0.15, 0.2) is 48.5 Å². The lowest BCUT2D eigenvalue weighted by atomic mass is 9.87. The van der Waals surface area contributed by atoms with Crippen molar-refractivity contribution in [3.8, 4) is 11.5 Å². The van der Waals surface area contributed by atoms with E-state index < -0.39 is 24.0 Å². The van der Waals surface area contributed by atoms with Crippen LogP contribution in [-0.4, -0.2) is 37.0 Å². The molecule has 2 atom stereocenters. The number of carbonyl (C=O) groups excluding carboxylic acids is 3. The number of esters is 1. The average Bonchev–Trinajstić information content (AvgIpc) is 3.39. The molecule has 7 heteroatoms. The third-order valence-corrected chi connectivity index (χ3v) is 7.51. The van der Waals surface area contributed by atoms with Crippen LogP contribution in [-0.2, 0) is 31.0 Å². The van der Waals surface area contributed by atoms with Crippen molar-refractivity contribution in [3.63, 3.8) is 0 Å². The van der Waals surface area contributed by atoms with Gasteiger partial charge in [0.25, 0.3) is 0 Å². The van der Waals surface area contributed by atoms with E-state index in [0.717, 1.165) is 37.0 Å². The topological polar surface area (TPSA) is 93.7 Å². The maximum Gasteiger partial charge on any atom is 0.328 e. The van der Waals surface area contributed by atoms with E-state index in [4.69, 9.17) is 9.47 Å². The highest BCUT2D eigenvalue weighted by Gasteiger charge is 2.31. The average molecular weight is 565 g/mol. The normalized spacial score (nSPS) is 15.6. The molecular weight excluding hydrogens is 516 g/mol. The molecule has 2 aromatic rings. The molecule has 3 rings (SSSR count). The molecule has 2 aromatic carbocycles. The number of rotatable bonds is 11. The Morgan fingerprint density at radius 2 is 1.54 bits per heavy atom. The summed E-state index contributed by atoms with van der Waals surface area (Å²) in [6.07, 6.45) is 5.42. The smallest absolute Gasteiger partial charge is 0.328 e. The van der Waals surface area contributed by atoms with Gasteiger partial charge in [0.05, 0.1) is 7.11 Å². The Morgan fingerprint density at radius 1 is 0.878 bits per heavy atom. The highest BCUT2D eigenvalue weighted by molar-refractivity contribution is 5.91. The van der Waals surface area contributed by atoms with Crippen LogP contribution in [0.2, 0.25) is 0 Å². The maximum atomic E-state index is 13.6. The van der Waals surface area contributed by atoms with Crippen molar-refractivity contribution in [2.24, 2.45) is 11.3 Å². The number of benzene rings is 2. The fraction of sp³-hybridized carbons (Fsp3) is 0.559. The first-order valence-electron chi connectivity index (χ1n) is 14.8. The van der Waals surface area contributed by atoms with Crippen molar-refractivity contribution < 1.29 is 23.9 Å². The van der Waals surface area contributed by atoms with E-state index in [2.05, 4.69) is 43.5 Å². The van der Waals surface area contributed by atoms with Gasteiger partial charge in [-0.25, -0.2) is 4.79 Å². The molecule has 1 aliphatic carbocycles. The summed E-state index contributed by atoms with van der Waals surface area (Å²) in [6, 6.07) is 13.9. The summed E-state index contributed by atoms with van der Waals surface area (Å²) in [7, 11) is 1.31. The lowest BCUT2D eigenvalue weighted by molar-refractivity contribution is -0.146. The summed E-state index contributed by atoms with van der Waals surface area (Å²) in [6.45, 7) is 12.5. The van der Waals surface area contributed by atoms with Crippen LogP contribution in [0.3, 0.4) is 0 Å². The van der Waals surface area contributed by atoms with Gasteiger partial charge in [-0.1, -0.05) is 78.6 Å². The Morgan fingerprint density at radius 3 is 2.12 bits per heavy atom. The number of carbonyl (C=O) groups is 3. The molecule has 2 N–H and O–H groups in total. The van der Waals surface area contributed by atoms with E-state index in [0.29, 0.717) is 24.5 Å². The first-order valence-corrected chi connectivity index (χ1v) is 14.8. The van der Waals surface area contributed by atoms with Crippen molar-refractivity contribution in [2.45, 2.75) is 104 Å². The van der Waals surface area contributed by atoms with Gasteiger partial charge in [-0.05, 0) is 71.4 Å². The summed E-state index contributed by atoms with van der Waals surface area (Å²) in [4.78, 5) is 39.1. The van der Waals surface area contributed by atoms with Gasteiger partial charge in [-0.15, -0.1) is 0 Å². The largest absolute Gasteiger partial charge is 0.467 e. The van der Waals surface area contributed by atoms with Gasteiger partial charge < -0.3 is 20.1 Å². The van der Waals surface area contributed by atoms with Crippen LogP contribution in [0.5, 0.6) is 11.5 Å². The van der Waals surface area contributed by atoms with Gasteiger partial charge in [0.2, 0.25) is 11.8 Å². The minimum absolute atomic E-state index is 0.0516. The van der Waals surface area contributed by atoms with Crippen molar-refractivity contribution in [3.05, 3.63) is 59.7 Å². The Kier molecular flexibility index (Phi) is 11.0. The molecule has 0 bridgehead atoms. The second-order valence-electron chi connectivity index (χ2n) is 13.6. The lowest BCUT2D eigenvalue weighted by Gasteiger charge is -2.27. The first kappa shape index (κ1) is 32.2. The summed E-state index contributed by atoms with van der Waals surface area (Å²) >= 11 is 0. The molecule has 0 aliphatic heterocycles. The van der Waals surface area contributed by atoms with Crippen LogP contribution in [0, 0.1) is 11.3 Å². The van der Waals surface area contributed by atoms with Crippen LogP contribution in [0.1, 0.15) is 91.2 Å². The molecule has 224 valence electrons. The first-order chi connectivity index (χ1) is 19.2. The predicted octanol–water partition coefficient (Wildman–Crippen LogP) is 6.48. The highest BCUT2D eigenvalue weighted by Crippen LogP contribution is 2.29. The van der Waals surface area contributed by atoms with E-state index in [-0.39, 0.29) is 23.2 Å². The van der Waals surface area contributed by atoms with Gasteiger partial charge >= 0.3 is 5.97 Å². The fourth-order valence-corrected chi connectivity index (χ4v) is 5.29. The van der Waals surface area contributed by atoms with Gasteiger partial charge in [-0.3, -0.25) is 9.59 Å². The minimum atomic E-state index is -0.850. The molecule has 1 saturated carbocycles. The number of hydrogen-bond donors (Lipinski definition) is 2. The maximum absolute atomic E-state index is 13.6. The van der Waals surface area contributed by atoms with E-state index in [1.807, 2.05) is 57.2 Å². The molecule has 0 spiro atoms. The summed E-state index contributed by atoms with van der Waals surface area (Å²) in [5, 5.41) is 5.82. The Labute approximate surface area is 245 Å². The second-order valence-corrected chi connectivity index (χ2v) is 13.6. The molecule has 1 fully saturated rings. The van der Waals surface area contributed by atoms with Crippen LogP contribution < -0.4 is 15.4 Å². The van der Waals surface area contributed by atoms with Crippen LogP contribution in [0.25, 0.3) is 0 Å². The lowest BCUT2D eigenvalue weighted by Crippen LogP contribution is -2.53.